The van der Waals surface area contributed by atoms with E-state index < -0.39 is 6.23 Å². The fraction of sp³-hybridized carbons (Fsp3) is 0.273. The van der Waals surface area contributed by atoms with Crippen LogP contribution in [0.15, 0.2) is 53.7 Å². The molecule has 8 heteroatoms. The molecular formula is C22H22N4O3S. The molecule has 0 radical (unpaired) electrons. The van der Waals surface area contributed by atoms with Crippen molar-refractivity contribution in [2.75, 3.05) is 17.8 Å². The second-order valence-corrected chi connectivity index (χ2v) is 7.79. The number of thioether (sulfide) groups is 1. The highest BCUT2D eigenvalue weighted by Crippen LogP contribution is 2.43. The van der Waals surface area contributed by atoms with Gasteiger partial charge in [-0.1, -0.05) is 55.9 Å². The van der Waals surface area contributed by atoms with Crippen molar-refractivity contribution < 1.29 is 14.3 Å². The van der Waals surface area contributed by atoms with Crippen molar-refractivity contribution in [3.8, 4) is 22.9 Å². The number of hydrogen-bond donors (Lipinski definition) is 0. The number of carbonyl (C=O) groups is 1. The Hall–Kier alpha value is -3.13. The first-order valence-corrected chi connectivity index (χ1v) is 10.7. The van der Waals surface area contributed by atoms with Crippen LogP contribution in [0.5, 0.6) is 11.6 Å². The summed E-state index contributed by atoms with van der Waals surface area (Å²) in [6.07, 6.45) is -0.393. The van der Waals surface area contributed by atoms with Crippen molar-refractivity contribution in [1.29, 1.82) is 0 Å². The van der Waals surface area contributed by atoms with Crippen molar-refractivity contribution in [1.82, 2.24) is 15.2 Å². The molecule has 0 saturated heterocycles. The first-order chi connectivity index (χ1) is 14.7. The van der Waals surface area contributed by atoms with Gasteiger partial charge in [0.05, 0.1) is 12.8 Å². The third-order valence-electron chi connectivity index (χ3n) is 4.74. The maximum Gasteiger partial charge on any atom is 0.247 e. The summed E-state index contributed by atoms with van der Waals surface area (Å²) < 4.78 is 11.8. The molecule has 1 aromatic heterocycles. The molecule has 1 atom stereocenters. The number of para-hydroxylation sites is 1. The van der Waals surface area contributed by atoms with E-state index >= 15 is 0 Å². The van der Waals surface area contributed by atoms with Gasteiger partial charge in [-0.2, -0.15) is 4.98 Å². The van der Waals surface area contributed by atoms with Crippen LogP contribution in [0, 0.1) is 0 Å². The summed E-state index contributed by atoms with van der Waals surface area (Å²) in [6, 6.07) is 15.1. The first kappa shape index (κ1) is 20.2. The average Bonchev–Trinajstić information content (AvgIpc) is 2.93. The topological polar surface area (TPSA) is 77.4 Å². The van der Waals surface area contributed by atoms with Gasteiger partial charge in [-0.3, -0.25) is 9.69 Å². The number of nitrogens with zero attached hydrogens (tertiary/aromatic N) is 4. The van der Waals surface area contributed by atoms with Gasteiger partial charge < -0.3 is 9.47 Å². The second kappa shape index (κ2) is 8.71. The fourth-order valence-electron chi connectivity index (χ4n) is 3.36. The van der Waals surface area contributed by atoms with Gasteiger partial charge in [-0.05, 0) is 24.0 Å². The maximum atomic E-state index is 13.1. The van der Waals surface area contributed by atoms with Crippen LogP contribution >= 0.6 is 11.8 Å². The van der Waals surface area contributed by atoms with Crippen LogP contribution in [0.4, 0.5) is 5.69 Å². The zero-order valence-corrected chi connectivity index (χ0v) is 17.8. The molecule has 1 amide bonds. The van der Waals surface area contributed by atoms with Gasteiger partial charge >= 0.3 is 0 Å². The van der Waals surface area contributed by atoms with Crippen LogP contribution in [0.2, 0.25) is 0 Å². The SMILES string of the molecule is CCSc1nnc2c(n1)O[C@H](c1cccc(OC)c1)N(C(=O)CC)c1ccccc1-2. The normalized spacial score (nSPS) is 14.9. The molecular weight excluding hydrogens is 400 g/mol. The third-order valence-corrected chi connectivity index (χ3v) is 5.46. The summed E-state index contributed by atoms with van der Waals surface area (Å²) in [7, 11) is 1.61. The van der Waals surface area contributed by atoms with Gasteiger partial charge in [-0.15, -0.1) is 10.2 Å². The van der Waals surface area contributed by atoms with E-state index in [-0.39, 0.29) is 5.91 Å². The number of amides is 1. The van der Waals surface area contributed by atoms with Gasteiger partial charge in [0.15, 0.2) is 5.69 Å². The summed E-state index contributed by atoms with van der Waals surface area (Å²) in [5, 5.41) is 9.17. The number of carbonyl (C=O) groups excluding carboxylic acids is 1. The lowest BCUT2D eigenvalue weighted by molar-refractivity contribution is -0.120. The second-order valence-electron chi connectivity index (χ2n) is 6.56. The minimum atomic E-state index is -0.717. The molecule has 0 N–H and O–H groups in total. The zero-order valence-electron chi connectivity index (χ0n) is 17.0. The number of hydrogen-bond acceptors (Lipinski definition) is 7. The number of fused-ring (bicyclic) bond motifs is 3. The van der Waals surface area contributed by atoms with E-state index in [0.29, 0.717) is 34.6 Å². The summed E-state index contributed by atoms with van der Waals surface area (Å²) in [4.78, 5) is 19.4. The molecule has 4 rings (SSSR count). The molecule has 3 aromatic rings. The van der Waals surface area contributed by atoms with E-state index in [4.69, 9.17) is 9.47 Å². The molecule has 0 unspecified atom stereocenters. The fourth-order valence-corrected chi connectivity index (χ4v) is 3.86. The molecule has 0 aliphatic carbocycles. The van der Waals surface area contributed by atoms with E-state index in [1.807, 2.05) is 62.4 Å². The first-order valence-electron chi connectivity index (χ1n) is 9.75. The van der Waals surface area contributed by atoms with Crippen molar-refractivity contribution in [2.24, 2.45) is 0 Å². The van der Waals surface area contributed by atoms with E-state index in [1.165, 1.54) is 11.8 Å². The number of benzene rings is 2. The predicted octanol–water partition coefficient (Wildman–Crippen LogP) is 4.49. The monoisotopic (exact) mass is 422 g/mol. The zero-order chi connectivity index (χ0) is 21.1. The van der Waals surface area contributed by atoms with Crippen LogP contribution in [0.25, 0.3) is 11.3 Å². The van der Waals surface area contributed by atoms with Gasteiger partial charge in [0, 0.05) is 17.5 Å². The van der Waals surface area contributed by atoms with Crippen LogP contribution < -0.4 is 14.4 Å². The molecule has 0 fully saturated rings. The van der Waals surface area contributed by atoms with Crippen LogP contribution in [0.3, 0.4) is 0 Å². The van der Waals surface area contributed by atoms with Gasteiger partial charge in [0.25, 0.3) is 0 Å². The molecule has 1 aliphatic heterocycles. The molecule has 2 aromatic carbocycles. The highest BCUT2D eigenvalue weighted by Gasteiger charge is 2.35. The predicted molar refractivity (Wildman–Crippen MR) is 116 cm³/mol. The minimum absolute atomic E-state index is 0.0702. The quantitative estimate of drug-likeness (QED) is 0.561. The lowest BCUT2D eigenvalue weighted by atomic mass is 10.1. The number of rotatable bonds is 5. The van der Waals surface area contributed by atoms with Crippen molar-refractivity contribution >= 4 is 23.4 Å². The Labute approximate surface area is 179 Å². The lowest BCUT2D eigenvalue weighted by Gasteiger charge is -2.30. The van der Waals surface area contributed by atoms with E-state index in [9.17, 15) is 4.79 Å². The number of methoxy groups -OCH3 is 1. The highest BCUT2D eigenvalue weighted by atomic mass is 32.2. The summed E-state index contributed by atoms with van der Waals surface area (Å²) in [5.41, 5.74) is 2.77. The van der Waals surface area contributed by atoms with E-state index in [2.05, 4.69) is 15.2 Å². The minimum Gasteiger partial charge on any atom is -0.497 e. The van der Waals surface area contributed by atoms with Gasteiger partial charge in [-0.25, -0.2) is 0 Å². The van der Waals surface area contributed by atoms with Crippen molar-refractivity contribution in [2.45, 2.75) is 31.7 Å². The largest absolute Gasteiger partial charge is 0.497 e. The molecule has 30 heavy (non-hydrogen) atoms. The molecule has 7 nitrogen and oxygen atoms in total. The Morgan fingerprint density at radius 3 is 2.77 bits per heavy atom. The summed E-state index contributed by atoms with van der Waals surface area (Å²) in [5.74, 6) is 1.78. The molecule has 0 saturated carbocycles. The Morgan fingerprint density at radius 2 is 2.00 bits per heavy atom. The molecule has 154 valence electrons. The lowest BCUT2D eigenvalue weighted by Crippen LogP contribution is -2.37. The molecule has 1 aliphatic rings. The Morgan fingerprint density at radius 1 is 1.17 bits per heavy atom. The molecule has 0 bridgehead atoms. The summed E-state index contributed by atoms with van der Waals surface area (Å²) in [6.45, 7) is 3.86. The molecule has 0 spiro atoms. The smallest absolute Gasteiger partial charge is 0.247 e. The maximum absolute atomic E-state index is 13.1. The van der Waals surface area contributed by atoms with Gasteiger partial charge in [0.1, 0.15) is 5.75 Å². The molecule has 2 heterocycles. The third kappa shape index (κ3) is 3.70. The Balaban J connectivity index is 1.94. The van der Waals surface area contributed by atoms with E-state index in [0.717, 1.165) is 16.9 Å². The van der Waals surface area contributed by atoms with Crippen LogP contribution in [0.1, 0.15) is 32.1 Å². The van der Waals surface area contributed by atoms with Crippen LogP contribution in [-0.4, -0.2) is 34.0 Å². The number of anilines is 1. The van der Waals surface area contributed by atoms with Crippen molar-refractivity contribution in [3.63, 3.8) is 0 Å². The number of aromatic nitrogens is 3. The van der Waals surface area contributed by atoms with Gasteiger partial charge in [0.2, 0.25) is 23.2 Å². The highest BCUT2D eigenvalue weighted by molar-refractivity contribution is 7.99. The Bertz CT molecular complexity index is 1080. The van der Waals surface area contributed by atoms with E-state index in [1.54, 1.807) is 12.0 Å². The average molecular weight is 423 g/mol. The number of ether oxygens (including phenoxy) is 2. The summed E-state index contributed by atoms with van der Waals surface area (Å²) >= 11 is 1.49. The van der Waals surface area contributed by atoms with Crippen LogP contribution in [-0.2, 0) is 4.79 Å². The van der Waals surface area contributed by atoms with Crippen molar-refractivity contribution in [3.05, 3.63) is 54.1 Å². The Kier molecular flexibility index (Phi) is 5.85. The standard InChI is InChI=1S/C22H22N4O3S/c1-4-18(27)26-17-12-7-6-11-16(17)19-20(23-22(25-24-19)30-5-2)29-21(26)14-9-8-10-15(13-14)28-3/h6-13,21H,4-5H2,1-3H3/t21-/m1/s1.